The van der Waals surface area contributed by atoms with E-state index in [0.717, 1.165) is 11.0 Å². The van der Waals surface area contributed by atoms with Crippen LogP contribution in [0.15, 0.2) is 53.3 Å². The molecule has 2 aromatic carbocycles. The molecule has 0 aliphatic heterocycles. The molecule has 3 aromatic rings. The van der Waals surface area contributed by atoms with Gasteiger partial charge >= 0.3 is 11.7 Å². The Kier molecular flexibility index (Phi) is 7.17. The van der Waals surface area contributed by atoms with Crippen molar-refractivity contribution in [3.8, 4) is 0 Å². The molecule has 1 amide bonds. The van der Waals surface area contributed by atoms with Crippen LogP contribution in [0.4, 0.5) is 0 Å². The number of benzene rings is 2. The largest absolute Gasteiger partial charge is 0.463 e. The average Bonchev–Trinajstić information content (AvgIpc) is 2.96. The maximum atomic E-state index is 12.7. The van der Waals surface area contributed by atoms with Crippen LogP contribution in [0, 0.1) is 0 Å². The zero-order chi connectivity index (χ0) is 22.5. The molecule has 1 aromatic heterocycles. The number of esters is 1. The molecular formula is C23H26ClN3O4. The van der Waals surface area contributed by atoms with Crippen LogP contribution in [-0.4, -0.2) is 27.1 Å². The fourth-order valence-corrected chi connectivity index (χ4v) is 3.80. The first-order valence-electron chi connectivity index (χ1n) is 10.2. The highest BCUT2D eigenvalue weighted by Gasteiger charge is 2.22. The number of hydrogen-bond acceptors (Lipinski definition) is 4. The monoisotopic (exact) mass is 443 g/mol. The summed E-state index contributed by atoms with van der Waals surface area (Å²) in [5, 5.41) is 3.33. The van der Waals surface area contributed by atoms with E-state index in [1.165, 1.54) is 0 Å². The summed E-state index contributed by atoms with van der Waals surface area (Å²) in [5.41, 5.74) is 2.03. The molecule has 0 spiro atoms. The molecule has 164 valence electrons. The molecule has 1 atom stereocenters. The lowest BCUT2D eigenvalue weighted by Crippen LogP contribution is -2.32. The molecular weight excluding hydrogens is 418 g/mol. The van der Waals surface area contributed by atoms with Gasteiger partial charge in [-0.15, -0.1) is 0 Å². The molecule has 0 unspecified atom stereocenters. The quantitative estimate of drug-likeness (QED) is 0.539. The topological polar surface area (TPSA) is 82.3 Å². The summed E-state index contributed by atoms with van der Waals surface area (Å²) < 4.78 is 8.37. The average molecular weight is 444 g/mol. The number of carbonyl (C=O) groups is 2. The van der Waals surface area contributed by atoms with Crippen LogP contribution < -0.4 is 11.0 Å². The minimum atomic E-state index is -0.628. The van der Waals surface area contributed by atoms with E-state index in [1.54, 1.807) is 54.3 Å². The number of aromatic nitrogens is 2. The van der Waals surface area contributed by atoms with Gasteiger partial charge < -0.3 is 10.1 Å². The standard InChI is InChI=1S/C23H26ClN3O4/c1-15(2)31-22(29)14-18(16-8-4-5-9-17(16)24)25-21(28)12-13-27-20-11-7-6-10-19(20)26(3)23(27)30/h4-11,15,18H,12-14H2,1-3H3,(H,25,28)/t18-/m0/s1. The van der Waals surface area contributed by atoms with Crippen molar-refractivity contribution >= 4 is 34.5 Å². The van der Waals surface area contributed by atoms with E-state index in [2.05, 4.69) is 5.32 Å². The predicted molar refractivity (Wildman–Crippen MR) is 120 cm³/mol. The number of nitrogens with zero attached hydrogens (tertiary/aromatic N) is 2. The Morgan fingerprint density at radius 1 is 1.06 bits per heavy atom. The first kappa shape index (κ1) is 22.6. The van der Waals surface area contributed by atoms with Gasteiger partial charge in [-0.2, -0.15) is 0 Å². The highest BCUT2D eigenvalue weighted by atomic mass is 35.5. The van der Waals surface area contributed by atoms with Crippen LogP contribution in [0.2, 0.25) is 5.02 Å². The van der Waals surface area contributed by atoms with Gasteiger partial charge in [0.05, 0.1) is 29.6 Å². The number of ether oxygens (including phenoxy) is 1. The summed E-state index contributed by atoms with van der Waals surface area (Å²) in [4.78, 5) is 37.5. The summed E-state index contributed by atoms with van der Waals surface area (Å²) in [5.74, 6) is -0.715. The summed E-state index contributed by atoms with van der Waals surface area (Å²) in [6.07, 6.45) is -0.219. The minimum Gasteiger partial charge on any atom is -0.463 e. The van der Waals surface area contributed by atoms with Crippen LogP contribution >= 0.6 is 11.6 Å². The first-order chi connectivity index (χ1) is 14.8. The Hall–Kier alpha value is -3.06. The normalized spacial score (nSPS) is 12.2. The Bertz CT molecular complexity index is 1150. The third kappa shape index (κ3) is 5.35. The summed E-state index contributed by atoms with van der Waals surface area (Å²) in [6.45, 7) is 3.75. The maximum absolute atomic E-state index is 12.7. The fourth-order valence-electron chi connectivity index (χ4n) is 3.53. The SMILES string of the molecule is CC(C)OC(=O)C[C@H](NC(=O)CCn1c(=O)n(C)c2ccccc21)c1ccccc1Cl. The maximum Gasteiger partial charge on any atom is 0.328 e. The molecule has 1 heterocycles. The molecule has 0 aliphatic carbocycles. The van der Waals surface area contributed by atoms with Gasteiger partial charge in [0.1, 0.15) is 0 Å². The van der Waals surface area contributed by atoms with E-state index >= 15 is 0 Å². The van der Waals surface area contributed by atoms with Crippen molar-refractivity contribution in [1.29, 1.82) is 0 Å². The molecule has 7 nitrogen and oxygen atoms in total. The number of rotatable bonds is 8. The third-order valence-electron chi connectivity index (χ3n) is 4.97. The fraction of sp³-hybridized carbons (Fsp3) is 0.348. The lowest BCUT2D eigenvalue weighted by Gasteiger charge is -2.20. The van der Waals surface area contributed by atoms with Gasteiger partial charge in [0.2, 0.25) is 5.91 Å². The Labute approximate surface area is 185 Å². The van der Waals surface area contributed by atoms with Gasteiger partial charge in [-0.3, -0.25) is 18.7 Å². The zero-order valence-corrected chi connectivity index (χ0v) is 18.6. The number of hydrogen-bond donors (Lipinski definition) is 1. The van der Waals surface area contributed by atoms with Gasteiger partial charge in [-0.05, 0) is 37.6 Å². The van der Waals surface area contributed by atoms with E-state index in [1.807, 2.05) is 24.3 Å². The molecule has 0 aliphatic rings. The van der Waals surface area contributed by atoms with Crippen LogP contribution in [-0.2, 0) is 27.9 Å². The van der Waals surface area contributed by atoms with E-state index in [4.69, 9.17) is 16.3 Å². The Balaban J connectivity index is 1.75. The number of aryl methyl sites for hydroxylation is 2. The predicted octanol–water partition coefficient (Wildman–Crippen LogP) is 3.58. The van der Waals surface area contributed by atoms with Crippen LogP contribution in [0.1, 0.15) is 38.3 Å². The van der Waals surface area contributed by atoms with Crippen molar-refractivity contribution in [3.63, 3.8) is 0 Å². The number of imidazole rings is 1. The van der Waals surface area contributed by atoms with Crippen molar-refractivity contribution in [3.05, 3.63) is 69.6 Å². The number of carbonyl (C=O) groups excluding carboxylic acids is 2. The number of nitrogens with one attached hydrogen (secondary N) is 1. The van der Waals surface area contributed by atoms with Crippen LogP contribution in [0.25, 0.3) is 11.0 Å². The smallest absolute Gasteiger partial charge is 0.328 e. The second-order valence-electron chi connectivity index (χ2n) is 7.62. The number of para-hydroxylation sites is 2. The molecule has 0 fully saturated rings. The molecule has 0 radical (unpaired) electrons. The molecule has 0 bridgehead atoms. The summed E-state index contributed by atoms with van der Waals surface area (Å²) >= 11 is 6.30. The molecule has 0 saturated carbocycles. The van der Waals surface area contributed by atoms with E-state index in [9.17, 15) is 14.4 Å². The number of halogens is 1. The minimum absolute atomic E-state index is 0.0398. The number of fused-ring (bicyclic) bond motifs is 1. The molecule has 3 rings (SSSR count). The molecule has 8 heteroatoms. The van der Waals surface area contributed by atoms with Gasteiger partial charge in [-0.25, -0.2) is 4.79 Å². The van der Waals surface area contributed by atoms with E-state index < -0.39 is 12.0 Å². The lowest BCUT2D eigenvalue weighted by molar-refractivity contribution is -0.148. The van der Waals surface area contributed by atoms with Crippen molar-refractivity contribution in [2.24, 2.45) is 7.05 Å². The van der Waals surface area contributed by atoms with Crippen molar-refractivity contribution in [2.75, 3.05) is 0 Å². The highest BCUT2D eigenvalue weighted by molar-refractivity contribution is 6.31. The number of amides is 1. The summed E-state index contributed by atoms with van der Waals surface area (Å²) in [7, 11) is 1.70. The molecule has 0 saturated heterocycles. The molecule has 31 heavy (non-hydrogen) atoms. The van der Waals surface area contributed by atoms with Gasteiger partial charge in [0.25, 0.3) is 0 Å². The van der Waals surface area contributed by atoms with Crippen LogP contribution in [0.5, 0.6) is 0 Å². The Morgan fingerprint density at radius 3 is 2.39 bits per heavy atom. The van der Waals surface area contributed by atoms with Crippen molar-refractivity contribution in [2.45, 2.75) is 45.4 Å². The Morgan fingerprint density at radius 2 is 1.71 bits per heavy atom. The second-order valence-corrected chi connectivity index (χ2v) is 8.02. The van der Waals surface area contributed by atoms with Gasteiger partial charge in [0.15, 0.2) is 0 Å². The van der Waals surface area contributed by atoms with Crippen molar-refractivity contribution < 1.29 is 14.3 Å². The van der Waals surface area contributed by atoms with Gasteiger partial charge in [-0.1, -0.05) is 41.9 Å². The van der Waals surface area contributed by atoms with Crippen molar-refractivity contribution in [1.82, 2.24) is 14.5 Å². The van der Waals surface area contributed by atoms with E-state index in [0.29, 0.717) is 10.6 Å². The van der Waals surface area contributed by atoms with Gasteiger partial charge in [0, 0.05) is 25.0 Å². The summed E-state index contributed by atoms with van der Waals surface area (Å²) in [6, 6.07) is 13.9. The van der Waals surface area contributed by atoms with Crippen LogP contribution in [0.3, 0.4) is 0 Å². The second kappa shape index (κ2) is 9.83. The lowest BCUT2D eigenvalue weighted by atomic mass is 10.0. The third-order valence-corrected chi connectivity index (χ3v) is 5.31. The first-order valence-corrected chi connectivity index (χ1v) is 10.5. The highest BCUT2D eigenvalue weighted by Crippen LogP contribution is 2.26. The molecule has 1 N–H and O–H groups in total. The van der Waals surface area contributed by atoms with E-state index in [-0.39, 0.29) is 37.1 Å². The zero-order valence-electron chi connectivity index (χ0n) is 17.8.